The molecule has 17 heavy (non-hydrogen) atoms. The zero-order valence-electron chi connectivity index (χ0n) is 10.5. The van der Waals surface area contributed by atoms with Gasteiger partial charge in [-0.25, -0.2) is 0 Å². The molecule has 0 saturated heterocycles. The van der Waals surface area contributed by atoms with E-state index in [1.165, 1.54) is 0 Å². The largest absolute Gasteiger partial charge is 0.302 e. The number of hydrogen-bond donors (Lipinski definition) is 1. The van der Waals surface area contributed by atoms with E-state index in [2.05, 4.69) is 18.9 Å². The molecule has 90 valence electrons. The van der Waals surface area contributed by atoms with Crippen LogP contribution in [0.25, 0.3) is 11.1 Å². The van der Waals surface area contributed by atoms with Crippen LogP contribution in [-0.4, -0.2) is 9.78 Å². The van der Waals surface area contributed by atoms with E-state index in [1.54, 1.807) is 10.9 Å². The summed E-state index contributed by atoms with van der Waals surface area (Å²) in [5.74, 6) is 0.455. The lowest BCUT2D eigenvalue weighted by Gasteiger charge is -2.04. The smallest absolute Gasteiger partial charge is 0.274 e. The van der Waals surface area contributed by atoms with Gasteiger partial charge in [0.05, 0.1) is 5.56 Å². The molecule has 0 saturated carbocycles. The topological polar surface area (TPSA) is 37.8 Å². The average Bonchev–Trinajstić information content (AvgIpc) is 2.61. The van der Waals surface area contributed by atoms with Crippen LogP contribution >= 0.6 is 0 Å². The number of nitrogens with one attached hydrogen (secondary N) is 1. The highest BCUT2D eigenvalue weighted by Gasteiger charge is 2.10. The molecule has 0 amide bonds. The molecule has 0 fully saturated rings. The highest BCUT2D eigenvalue weighted by Crippen LogP contribution is 2.19. The van der Waals surface area contributed by atoms with Crippen LogP contribution in [0.3, 0.4) is 0 Å². The molecule has 1 aromatic carbocycles. The number of nitrogens with zero attached hydrogens (tertiary/aromatic N) is 1. The fourth-order valence-corrected chi connectivity index (χ4v) is 1.98. The van der Waals surface area contributed by atoms with Crippen LogP contribution in [0.1, 0.15) is 19.4 Å². The summed E-state index contributed by atoms with van der Waals surface area (Å²) in [7, 11) is 0. The minimum absolute atomic E-state index is 0.0630. The highest BCUT2D eigenvalue weighted by atomic mass is 16.1. The van der Waals surface area contributed by atoms with Crippen molar-refractivity contribution in [2.75, 3.05) is 0 Å². The Labute approximate surface area is 101 Å². The summed E-state index contributed by atoms with van der Waals surface area (Å²) in [5, 5.41) is 3.04. The number of benzene rings is 1. The summed E-state index contributed by atoms with van der Waals surface area (Å²) in [6.07, 6.45) is 1.80. The van der Waals surface area contributed by atoms with Crippen molar-refractivity contribution in [2.45, 2.75) is 27.3 Å². The quantitative estimate of drug-likeness (QED) is 0.865. The van der Waals surface area contributed by atoms with E-state index in [4.69, 9.17) is 0 Å². The number of hydrogen-bond acceptors (Lipinski definition) is 1. The third-order valence-electron chi connectivity index (χ3n) is 2.82. The van der Waals surface area contributed by atoms with Crippen molar-refractivity contribution < 1.29 is 0 Å². The SMILES string of the molecule is Cc1ccccc1-c1c[nH]n(CC(C)C)c1=O. The maximum absolute atomic E-state index is 12.2. The number of aryl methyl sites for hydroxylation is 1. The Morgan fingerprint density at radius 1 is 1.24 bits per heavy atom. The minimum atomic E-state index is 0.0630. The summed E-state index contributed by atoms with van der Waals surface area (Å²) in [5.41, 5.74) is 2.95. The standard InChI is InChI=1S/C14H18N2O/c1-10(2)9-16-14(17)13(8-15-16)12-7-5-4-6-11(12)3/h4-8,10,15H,9H2,1-3H3. The van der Waals surface area contributed by atoms with Crippen molar-refractivity contribution in [3.8, 4) is 11.1 Å². The van der Waals surface area contributed by atoms with Gasteiger partial charge in [0, 0.05) is 12.7 Å². The second kappa shape index (κ2) is 4.62. The molecule has 0 aliphatic carbocycles. The molecule has 1 N–H and O–H groups in total. The third kappa shape index (κ3) is 2.33. The molecule has 2 aromatic rings. The van der Waals surface area contributed by atoms with Gasteiger partial charge in [-0.3, -0.25) is 9.48 Å². The monoisotopic (exact) mass is 230 g/mol. The Kier molecular flexibility index (Phi) is 3.18. The van der Waals surface area contributed by atoms with Crippen LogP contribution in [-0.2, 0) is 6.54 Å². The van der Waals surface area contributed by atoms with Gasteiger partial charge in [0.15, 0.2) is 0 Å². The molecule has 0 aliphatic heterocycles. The van der Waals surface area contributed by atoms with Crippen molar-refractivity contribution in [1.82, 2.24) is 9.78 Å². The first-order valence-electron chi connectivity index (χ1n) is 5.94. The maximum atomic E-state index is 12.2. The minimum Gasteiger partial charge on any atom is -0.302 e. The Morgan fingerprint density at radius 2 is 1.94 bits per heavy atom. The molecule has 2 rings (SSSR count). The summed E-state index contributed by atoms with van der Waals surface area (Å²) >= 11 is 0. The van der Waals surface area contributed by atoms with Crippen LogP contribution in [0, 0.1) is 12.8 Å². The molecule has 1 aromatic heterocycles. The Bertz CT molecular complexity index is 564. The van der Waals surface area contributed by atoms with E-state index in [0.29, 0.717) is 5.92 Å². The Balaban J connectivity index is 2.45. The summed E-state index contributed by atoms with van der Waals surface area (Å²) in [6, 6.07) is 7.95. The fourth-order valence-electron chi connectivity index (χ4n) is 1.98. The predicted octanol–water partition coefficient (Wildman–Crippen LogP) is 2.81. The summed E-state index contributed by atoms with van der Waals surface area (Å²) in [4.78, 5) is 12.2. The van der Waals surface area contributed by atoms with Crippen LogP contribution in [0.5, 0.6) is 0 Å². The van der Waals surface area contributed by atoms with E-state index in [9.17, 15) is 4.79 Å². The normalized spacial score (nSPS) is 11.1. The molecule has 3 heteroatoms. The zero-order valence-corrected chi connectivity index (χ0v) is 10.5. The molecular formula is C14H18N2O. The predicted molar refractivity (Wildman–Crippen MR) is 70.1 cm³/mol. The average molecular weight is 230 g/mol. The van der Waals surface area contributed by atoms with Crippen LogP contribution in [0.2, 0.25) is 0 Å². The molecular weight excluding hydrogens is 212 g/mol. The molecule has 3 nitrogen and oxygen atoms in total. The van der Waals surface area contributed by atoms with Gasteiger partial charge in [0.2, 0.25) is 0 Å². The van der Waals surface area contributed by atoms with Gasteiger partial charge < -0.3 is 5.10 Å². The second-order valence-electron chi connectivity index (χ2n) is 4.81. The third-order valence-corrected chi connectivity index (χ3v) is 2.82. The Morgan fingerprint density at radius 3 is 2.59 bits per heavy atom. The number of H-pyrrole nitrogens is 1. The molecule has 0 atom stereocenters. The first kappa shape index (κ1) is 11.7. The molecule has 0 spiro atoms. The van der Waals surface area contributed by atoms with Crippen molar-refractivity contribution in [3.05, 3.63) is 46.4 Å². The molecule has 0 aliphatic rings. The van der Waals surface area contributed by atoms with Crippen LogP contribution in [0.15, 0.2) is 35.3 Å². The second-order valence-corrected chi connectivity index (χ2v) is 4.81. The summed E-state index contributed by atoms with van der Waals surface area (Å²) < 4.78 is 1.67. The number of rotatable bonds is 3. The lowest BCUT2D eigenvalue weighted by molar-refractivity contribution is 0.473. The van der Waals surface area contributed by atoms with Gasteiger partial charge >= 0.3 is 0 Å². The fraction of sp³-hybridized carbons (Fsp3) is 0.357. The first-order valence-corrected chi connectivity index (χ1v) is 5.94. The van der Waals surface area contributed by atoms with Gasteiger partial charge in [0.25, 0.3) is 5.56 Å². The van der Waals surface area contributed by atoms with E-state index in [0.717, 1.165) is 23.2 Å². The van der Waals surface area contributed by atoms with Crippen molar-refractivity contribution in [1.29, 1.82) is 0 Å². The lowest BCUT2D eigenvalue weighted by Crippen LogP contribution is -2.20. The maximum Gasteiger partial charge on any atom is 0.274 e. The van der Waals surface area contributed by atoms with Gasteiger partial charge in [-0.15, -0.1) is 0 Å². The first-order chi connectivity index (χ1) is 8.09. The van der Waals surface area contributed by atoms with Gasteiger partial charge in [0.1, 0.15) is 0 Å². The van der Waals surface area contributed by atoms with E-state index >= 15 is 0 Å². The number of aromatic nitrogens is 2. The van der Waals surface area contributed by atoms with Crippen molar-refractivity contribution in [3.63, 3.8) is 0 Å². The lowest BCUT2D eigenvalue weighted by atomic mass is 10.0. The number of aromatic amines is 1. The van der Waals surface area contributed by atoms with E-state index in [-0.39, 0.29) is 5.56 Å². The molecule has 0 bridgehead atoms. The molecule has 1 heterocycles. The van der Waals surface area contributed by atoms with Gasteiger partial charge in [-0.1, -0.05) is 38.1 Å². The van der Waals surface area contributed by atoms with Gasteiger partial charge in [-0.2, -0.15) is 0 Å². The van der Waals surface area contributed by atoms with E-state index in [1.807, 2.05) is 31.2 Å². The van der Waals surface area contributed by atoms with Crippen molar-refractivity contribution in [2.24, 2.45) is 5.92 Å². The molecule has 0 radical (unpaired) electrons. The highest BCUT2D eigenvalue weighted by molar-refractivity contribution is 5.65. The Hall–Kier alpha value is -1.77. The van der Waals surface area contributed by atoms with Crippen LogP contribution < -0.4 is 5.56 Å². The van der Waals surface area contributed by atoms with Gasteiger partial charge in [-0.05, 0) is 24.0 Å². The van der Waals surface area contributed by atoms with Crippen molar-refractivity contribution >= 4 is 0 Å². The van der Waals surface area contributed by atoms with E-state index < -0.39 is 0 Å². The summed E-state index contributed by atoms with van der Waals surface area (Å²) in [6.45, 7) is 6.95. The van der Waals surface area contributed by atoms with Crippen LogP contribution in [0.4, 0.5) is 0 Å². The zero-order chi connectivity index (χ0) is 12.4. The molecule has 0 unspecified atom stereocenters.